The molecule has 0 spiro atoms. The molecule has 0 amide bonds. The molecule has 0 saturated heterocycles. The fraction of sp³-hybridized carbons (Fsp3) is 0.0714. The summed E-state index contributed by atoms with van der Waals surface area (Å²) in [6.45, 7) is 0. The summed E-state index contributed by atoms with van der Waals surface area (Å²) in [5, 5.41) is 7.27. The number of rotatable bonds is 4. The number of nitrogens with two attached hydrogens (primary N) is 1. The van der Waals surface area contributed by atoms with Gasteiger partial charge in [-0.3, -0.25) is 5.41 Å². The number of amidine groups is 1. The Morgan fingerprint density at radius 3 is 2.58 bits per heavy atom. The number of hydrogen-bond acceptors (Lipinski definition) is 3. The molecule has 3 nitrogen and oxygen atoms in total. The van der Waals surface area contributed by atoms with E-state index in [2.05, 4.69) is 0 Å². The van der Waals surface area contributed by atoms with Gasteiger partial charge in [0.2, 0.25) is 0 Å². The second kappa shape index (κ2) is 5.75. The molecule has 0 radical (unpaired) electrons. The van der Waals surface area contributed by atoms with Crippen LogP contribution in [-0.4, -0.2) is 12.9 Å². The molecule has 5 heteroatoms. The van der Waals surface area contributed by atoms with Gasteiger partial charge in [-0.05, 0) is 30.3 Å². The Hall–Kier alpha value is -2.01. The first-order chi connectivity index (χ1) is 9.11. The van der Waals surface area contributed by atoms with Crippen molar-refractivity contribution in [2.24, 2.45) is 5.73 Å². The van der Waals surface area contributed by atoms with Crippen molar-refractivity contribution < 1.29 is 9.13 Å². The number of ether oxygens (including phenoxy) is 1. The summed E-state index contributed by atoms with van der Waals surface area (Å²) < 4.78 is 19.1. The molecule has 3 N–H and O–H groups in total. The average molecular weight is 276 g/mol. The lowest BCUT2D eigenvalue weighted by molar-refractivity contribution is 0.405. The molecule has 2 aromatic rings. The van der Waals surface area contributed by atoms with Crippen LogP contribution in [0.15, 0.2) is 52.3 Å². The lowest BCUT2D eigenvalue weighted by Gasteiger charge is -2.09. The highest BCUT2D eigenvalue weighted by atomic mass is 32.2. The van der Waals surface area contributed by atoms with Gasteiger partial charge in [0.05, 0.1) is 12.0 Å². The summed E-state index contributed by atoms with van der Waals surface area (Å²) in [5.41, 5.74) is 5.70. The number of methoxy groups -OCH3 is 1. The highest BCUT2D eigenvalue weighted by molar-refractivity contribution is 7.99. The molecule has 0 heterocycles. The van der Waals surface area contributed by atoms with E-state index in [1.165, 1.54) is 17.8 Å². The van der Waals surface area contributed by atoms with Gasteiger partial charge in [0.15, 0.2) is 0 Å². The number of benzene rings is 2. The van der Waals surface area contributed by atoms with Crippen LogP contribution in [0.1, 0.15) is 5.56 Å². The molecule has 2 rings (SSSR count). The van der Waals surface area contributed by atoms with E-state index in [1.54, 1.807) is 19.2 Å². The number of hydrogen-bond donors (Lipinski definition) is 2. The van der Waals surface area contributed by atoms with Crippen molar-refractivity contribution in [2.75, 3.05) is 7.11 Å². The summed E-state index contributed by atoms with van der Waals surface area (Å²) in [7, 11) is 1.58. The molecular weight excluding hydrogens is 263 g/mol. The highest BCUT2D eigenvalue weighted by Crippen LogP contribution is 2.36. The monoisotopic (exact) mass is 276 g/mol. The van der Waals surface area contributed by atoms with Gasteiger partial charge in [-0.25, -0.2) is 4.39 Å². The van der Waals surface area contributed by atoms with Crippen molar-refractivity contribution in [3.8, 4) is 5.75 Å². The zero-order chi connectivity index (χ0) is 13.8. The van der Waals surface area contributed by atoms with E-state index in [0.29, 0.717) is 16.2 Å². The number of nitrogen functional groups attached to an aromatic ring is 1. The molecule has 0 aliphatic heterocycles. The van der Waals surface area contributed by atoms with Gasteiger partial charge < -0.3 is 10.5 Å². The molecular formula is C14H13FN2OS. The lowest BCUT2D eigenvalue weighted by Crippen LogP contribution is -2.11. The topological polar surface area (TPSA) is 59.1 Å². The molecule has 0 bridgehead atoms. The SMILES string of the molecule is COc1ccccc1Sc1ccc(C(=N)N)cc1F. The number of para-hydroxylation sites is 1. The Bertz CT molecular complexity index is 616. The van der Waals surface area contributed by atoms with Gasteiger partial charge in [-0.15, -0.1) is 0 Å². The molecule has 98 valence electrons. The van der Waals surface area contributed by atoms with Gasteiger partial charge >= 0.3 is 0 Å². The number of halogens is 1. The van der Waals surface area contributed by atoms with E-state index in [1.807, 2.05) is 24.3 Å². The highest BCUT2D eigenvalue weighted by Gasteiger charge is 2.09. The van der Waals surface area contributed by atoms with Crippen LogP contribution in [0.4, 0.5) is 4.39 Å². The third-order valence-corrected chi connectivity index (χ3v) is 3.64. The maximum Gasteiger partial charge on any atom is 0.137 e. The predicted octanol–water partition coefficient (Wildman–Crippen LogP) is 3.27. The maximum absolute atomic E-state index is 13.9. The largest absolute Gasteiger partial charge is 0.496 e. The Balaban J connectivity index is 2.31. The van der Waals surface area contributed by atoms with Crippen LogP contribution in [0.3, 0.4) is 0 Å². The average Bonchev–Trinajstić information content (AvgIpc) is 2.41. The second-order valence-electron chi connectivity index (χ2n) is 3.81. The normalized spacial score (nSPS) is 10.2. The first-order valence-corrected chi connectivity index (χ1v) is 6.38. The maximum atomic E-state index is 13.9. The Labute approximate surface area is 115 Å². The number of nitrogens with one attached hydrogen (secondary N) is 1. The molecule has 0 saturated carbocycles. The summed E-state index contributed by atoms with van der Waals surface area (Å²) in [6.07, 6.45) is 0. The Morgan fingerprint density at radius 1 is 1.21 bits per heavy atom. The first-order valence-electron chi connectivity index (χ1n) is 5.56. The summed E-state index contributed by atoms with van der Waals surface area (Å²) >= 11 is 1.27. The van der Waals surface area contributed by atoms with E-state index in [-0.39, 0.29) is 5.84 Å². The third kappa shape index (κ3) is 3.06. The first kappa shape index (κ1) is 13.4. The minimum absolute atomic E-state index is 0.146. The zero-order valence-corrected chi connectivity index (χ0v) is 11.1. The van der Waals surface area contributed by atoms with Gasteiger partial charge in [-0.1, -0.05) is 23.9 Å². The minimum atomic E-state index is -0.399. The van der Waals surface area contributed by atoms with Gasteiger partial charge in [0.25, 0.3) is 0 Å². The van der Waals surface area contributed by atoms with Crippen LogP contribution in [-0.2, 0) is 0 Å². The van der Waals surface area contributed by atoms with E-state index in [9.17, 15) is 4.39 Å². The van der Waals surface area contributed by atoms with Crippen molar-refractivity contribution >= 4 is 17.6 Å². The fourth-order valence-corrected chi connectivity index (χ4v) is 2.50. The second-order valence-corrected chi connectivity index (χ2v) is 4.90. The zero-order valence-electron chi connectivity index (χ0n) is 10.3. The lowest BCUT2D eigenvalue weighted by atomic mass is 10.2. The molecule has 0 aliphatic rings. The summed E-state index contributed by atoms with van der Waals surface area (Å²) in [4.78, 5) is 1.30. The van der Waals surface area contributed by atoms with Crippen molar-refractivity contribution in [2.45, 2.75) is 9.79 Å². The predicted molar refractivity (Wildman–Crippen MR) is 74.5 cm³/mol. The molecule has 0 aliphatic carbocycles. The van der Waals surface area contributed by atoms with Crippen LogP contribution < -0.4 is 10.5 Å². The van der Waals surface area contributed by atoms with Crippen molar-refractivity contribution in [1.29, 1.82) is 5.41 Å². The molecule has 0 atom stereocenters. The summed E-state index contributed by atoms with van der Waals surface area (Å²) in [6, 6.07) is 11.9. The van der Waals surface area contributed by atoms with Crippen LogP contribution in [0.25, 0.3) is 0 Å². The van der Waals surface area contributed by atoms with Crippen molar-refractivity contribution in [1.82, 2.24) is 0 Å². The molecule has 0 aromatic heterocycles. The Morgan fingerprint density at radius 2 is 1.95 bits per heavy atom. The van der Waals surface area contributed by atoms with Crippen LogP contribution >= 0.6 is 11.8 Å². The smallest absolute Gasteiger partial charge is 0.137 e. The minimum Gasteiger partial charge on any atom is -0.496 e. The van der Waals surface area contributed by atoms with Gasteiger partial charge in [0, 0.05) is 10.5 Å². The fourth-order valence-electron chi connectivity index (χ4n) is 1.57. The molecule has 2 aromatic carbocycles. The van der Waals surface area contributed by atoms with Gasteiger partial charge in [0.1, 0.15) is 17.4 Å². The quantitative estimate of drug-likeness (QED) is 0.665. The molecule has 0 unspecified atom stereocenters. The van der Waals surface area contributed by atoms with Crippen molar-refractivity contribution in [3.63, 3.8) is 0 Å². The van der Waals surface area contributed by atoms with E-state index >= 15 is 0 Å². The summed E-state index contributed by atoms with van der Waals surface area (Å²) in [5.74, 6) is 0.152. The van der Waals surface area contributed by atoms with E-state index < -0.39 is 5.82 Å². The van der Waals surface area contributed by atoms with E-state index in [4.69, 9.17) is 15.9 Å². The van der Waals surface area contributed by atoms with Crippen LogP contribution in [0.2, 0.25) is 0 Å². The van der Waals surface area contributed by atoms with Crippen molar-refractivity contribution in [3.05, 3.63) is 53.8 Å². The van der Waals surface area contributed by atoms with Crippen LogP contribution in [0.5, 0.6) is 5.75 Å². The van der Waals surface area contributed by atoms with E-state index in [0.717, 1.165) is 4.90 Å². The molecule has 0 fully saturated rings. The standard InChI is InChI=1S/C14H13FN2OS/c1-18-11-4-2-3-5-13(11)19-12-7-6-9(14(16)17)8-10(12)15/h2-8H,1H3,(H3,16,17). The Kier molecular flexibility index (Phi) is 4.06. The van der Waals surface area contributed by atoms with Gasteiger partial charge in [-0.2, -0.15) is 0 Å². The molecule has 19 heavy (non-hydrogen) atoms. The third-order valence-electron chi connectivity index (χ3n) is 2.53. The van der Waals surface area contributed by atoms with Crippen LogP contribution in [0, 0.1) is 11.2 Å².